The van der Waals surface area contributed by atoms with Crippen molar-refractivity contribution in [3.8, 4) is 0 Å². The minimum absolute atomic E-state index is 0. The van der Waals surface area contributed by atoms with Crippen molar-refractivity contribution in [2.45, 2.75) is 28.9 Å². The maximum atomic E-state index is 12.7. The largest absolute Gasteiger partial charge is 0.329 e. The molecule has 1 fully saturated rings. The van der Waals surface area contributed by atoms with Crippen molar-refractivity contribution >= 4 is 35.8 Å². The van der Waals surface area contributed by atoms with Gasteiger partial charge in [-0.2, -0.15) is 5.10 Å². The van der Waals surface area contributed by atoms with E-state index in [2.05, 4.69) is 20.7 Å². The molecule has 3 aromatic rings. The fraction of sp³-hybridized carbons (Fsp3) is 0.316. The summed E-state index contributed by atoms with van der Waals surface area (Å²) >= 11 is 1.52. The van der Waals surface area contributed by atoms with E-state index < -0.39 is 0 Å². The van der Waals surface area contributed by atoms with E-state index in [-0.39, 0.29) is 18.3 Å². The van der Waals surface area contributed by atoms with Gasteiger partial charge in [0.05, 0.1) is 11.7 Å². The molecule has 3 heterocycles. The van der Waals surface area contributed by atoms with Crippen LogP contribution in [0.15, 0.2) is 59.0 Å². The van der Waals surface area contributed by atoms with Gasteiger partial charge in [-0.1, -0.05) is 12.1 Å². The normalized spacial score (nSPS) is 16.4. The number of amides is 1. The van der Waals surface area contributed by atoms with Gasteiger partial charge in [-0.3, -0.25) is 9.48 Å². The quantitative estimate of drug-likeness (QED) is 0.664. The summed E-state index contributed by atoms with van der Waals surface area (Å²) in [4.78, 5) is 18.0. The van der Waals surface area contributed by atoms with Crippen LogP contribution in [-0.4, -0.2) is 38.3 Å². The predicted octanol–water partition coefficient (Wildman–Crippen LogP) is 3.37. The van der Waals surface area contributed by atoms with Gasteiger partial charge in [0.25, 0.3) is 5.91 Å². The van der Waals surface area contributed by atoms with E-state index in [0.29, 0.717) is 11.7 Å². The molecular formula is C19H23ClN6OS. The Kier molecular flexibility index (Phi) is 6.77. The van der Waals surface area contributed by atoms with Gasteiger partial charge in [-0.05, 0) is 49.3 Å². The Balaban J connectivity index is 0.00000225. The van der Waals surface area contributed by atoms with Crippen LogP contribution in [-0.2, 0) is 7.05 Å². The van der Waals surface area contributed by atoms with E-state index >= 15 is 0 Å². The zero-order chi connectivity index (χ0) is 18.6. The van der Waals surface area contributed by atoms with E-state index in [1.165, 1.54) is 11.8 Å². The lowest BCUT2D eigenvalue weighted by atomic mass is 10.1. The molecule has 0 spiro atoms. The Bertz CT molecular complexity index is 934. The number of carbonyl (C=O) groups is 1. The first-order chi connectivity index (χ1) is 13.2. The first-order valence-electron chi connectivity index (χ1n) is 9.02. The number of anilines is 1. The molecule has 0 aliphatic carbocycles. The van der Waals surface area contributed by atoms with E-state index in [0.717, 1.165) is 41.7 Å². The summed E-state index contributed by atoms with van der Waals surface area (Å²) in [6, 6.07) is 9.81. The summed E-state index contributed by atoms with van der Waals surface area (Å²) in [6.45, 7) is 1.95. The van der Waals surface area contributed by atoms with Gasteiger partial charge in [-0.25, -0.2) is 4.98 Å². The van der Waals surface area contributed by atoms with Crippen molar-refractivity contribution in [3.63, 3.8) is 0 Å². The van der Waals surface area contributed by atoms with Gasteiger partial charge in [0, 0.05) is 37.1 Å². The number of nitrogens with zero attached hydrogens (tertiary/aromatic N) is 4. The topological polar surface area (TPSA) is 76.8 Å². The Labute approximate surface area is 174 Å². The molecule has 2 N–H and O–H groups in total. The molecule has 1 aromatic carbocycles. The van der Waals surface area contributed by atoms with Crippen LogP contribution in [0, 0.1) is 0 Å². The molecule has 9 heteroatoms. The number of benzene rings is 1. The Morgan fingerprint density at radius 1 is 1.29 bits per heavy atom. The van der Waals surface area contributed by atoms with Gasteiger partial charge >= 0.3 is 0 Å². The first-order valence-corrected chi connectivity index (χ1v) is 9.84. The Morgan fingerprint density at radius 2 is 2.14 bits per heavy atom. The molecule has 4 rings (SSSR count). The van der Waals surface area contributed by atoms with Gasteiger partial charge < -0.3 is 15.2 Å². The molecule has 1 aliphatic heterocycles. The second-order valence-corrected chi connectivity index (χ2v) is 7.56. The summed E-state index contributed by atoms with van der Waals surface area (Å²) < 4.78 is 3.85. The third-order valence-electron chi connectivity index (χ3n) is 4.60. The third kappa shape index (κ3) is 4.57. The molecule has 7 nitrogen and oxygen atoms in total. The molecule has 28 heavy (non-hydrogen) atoms. The lowest BCUT2D eigenvalue weighted by Gasteiger charge is -2.22. The molecule has 1 unspecified atom stereocenters. The number of hydrogen-bond acceptors (Lipinski definition) is 5. The van der Waals surface area contributed by atoms with Gasteiger partial charge in [-0.15, -0.1) is 12.4 Å². The molecule has 148 valence electrons. The summed E-state index contributed by atoms with van der Waals surface area (Å²) in [5, 5.41) is 11.7. The number of imidazole rings is 1. The highest BCUT2D eigenvalue weighted by molar-refractivity contribution is 7.99. The van der Waals surface area contributed by atoms with Crippen molar-refractivity contribution in [2.75, 3.05) is 18.4 Å². The zero-order valence-corrected chi connectivity index (χ0v) is 17.2. The van der Waals surface area contributed by atoms with Crippen LogP contribution in [0.3, 0.4) is 0 Å². The number of carbonyl (C=O) groups excluding carboxylic acids is 1. The minimum Gasteiger partial charge on any atom is -0.329 e. The molecule has 2 aromatic heterocycles. The second kappa shape index (κ2) is 9.27. The molecule has 1 aliphatic rings. The minimum atomic E-state index is -0.203. The van der Waals surface area contributed by atoms with Crippen LogP contribution in [0.5, 0.6) is 0 Å². The monoisotopic (exact) mass is 418 g/mol. The van der Waals surface area contributed by atoms with Gasteiger partial charge in [0.15, 0.2) is 10.9 Å². The van der Waals surface area contributed by atoms with Crippen molar-refractivity contribution in [3.05, 3.63) is 54.6 Å². The number of para-hydroxylation sites is 1. The number of piperidine rings is 1. The van der Waals surface area contributed by atoms with E-state index in [4.69, 9.17) is 0 Å². The summed E-state index contributed by atoms with van der Waals surface area (Å²) in [7, 11) is 1.95. The molecular weight excluding hydrogens is 396 g/mol. The summed E-state index contributed by atoms with van der Waals surface area (Å²) in [5.41, 5.74) is 1.18. The number of rotatable bonds is 5. The van der Waals surface area contributed by atoms with Crippen LogP contribution in [0.2, 0.25) is 0 Å². The standard InChI is InChI=1S/C19H22N6OS.ClH/c1-24-12-10-21-19(24)27-17-7-3-2-6-15(17)22-18(26)16-8-11-25(23-16)14-5-4-9-20-13-14;/h2-3,6-8,10-12,14,20H,4-5,9,13H2,1H3,(H,22,26);1H. The van der Waals surface area contributed by atoms with Crippen LogP contribution >= 0.6 is 24.2 Å². The molecule has 0 saturated carbocycles. The molecule has 1 amide bonds. The number of aromatic nitrogens is 4. The molecule has 0 bridgehead atoms. The molecule has 1 atom stereocenters. The second-order valence-electron chi connectivity index (χ2n) is 6.55. The van der Waals surface area contributed by atoms with E-state index in [1.54, 1.807) is 12.3 Å². The van der Waals surface area contributed by atoms with E-state index in [9.17, 15) is 4.79 Å². The Hall–Kier alpha value is -2.29. The predicted molar refractivity (Wildman–Crippen MR) is 112 cm³/mol. The van der Waals surface area contributed by atoms with Crippen molar-refractivity contribution in [1.29, 1.82) is 0 Å². The van der Waals surface area contributed by atoms with Crippen LogP contribution in [0.25, 0.3) is 0 Å². The van der Waals surface area contributed by atoms with Gasteiger partial charge in [0.2, 0.25) is 0 Å². The molecule has 0 radical (unpaired) electrons. The average molecular weight is 419 g/mol. The number of hydrogen-bond donors (Lipinski definition) is 2. The highest BCUT2D eigenvalue weighted by atomic mass is 35.5. The summed E-state index contributed by atoms with van der Waals surface area (Å²) in [5.74, 6) is -0.203. The van der Waals surface area contributed by atoms with Crippen molar-refractivity contribution in [2.24, 2.45) is 7.05 Å². The zero-order valence-electron chi connectivity index (χ0n) is 15.5. The number of halogens is 1. The van der Waals surface area contributed by atoms with Crippen molar-refractivity contribution in [1.82, 2.24) is 24.6 Å². The lowest BCUT2D eigenvalue weighted by molar-refractivity contribution is 0.102. The average Bonchev–Trinajstić information content (AvgIpc) is 3.34. The third-order valence-corrected chi connectivity index (χ3v) is 5.75. The maximum absolute atomic E-state index is 12.7. The number of nitrogens with one attached hydrogen (secondary N) is 2. The van der Waals surface area contributed by atoms with Crippen molar-refractivity contribution < 1.29 is 4.79 Å². The fourth-order valence-corrected chi connectivity index (χ4v) is 4.01. The molecule has 1 saturated heterocycles. The number of aryl methyl sites for hydroxylation is 1. The smallest absolute Gasteiger partial charge is 0.276 e. The fourth-order valence-electron chi connectivity index (χ4n) is 3.12. The first kappa shape index (κ1) is 20.4. The summed E-state index contributed by atoms with van der Waals surface area (Å²) in [6.07, 6.45) is 7.76. The Morgan fingerprint density at radius 3 is 2.89 bits per heavy atom. The lowest BCUT2D eigenvalue weighted by Crippen LogP contribution is -2.32. The maximum Gasteiger partial charge on any atom is 0.276 e. The SMILES string of the molecule is Cl.Cn1ccnc1Sc1ccccc1NC(=O)c1ccn(C2CCCNC2)n1. The highest BCUT2D eigenvalue weighted by Crippen LogP contribution is 2.32. The van der Waals surface area contributed by atoms with E-state index in [1.807, 2.05) is 53.0 Å². The van der Waals surface area contributed by atoms with Crippen LogP contribution in [0.4, 0.5) is 5.69 Å². The van der Waals surface area contributed by atoms with Gasteiger partial charge in [0.1, 0.15) is 0 Å². The van der Waals surface area contributed by atoms with Crippen LogP contribution in [0.1, 0.15) is 29.4 Å². The highest BCUT2D eigenvalue weighted by Gasteiger charge is 2.18. The van der Waals surface area contributed by atoms with Crippen LogP contribution < -0.4 is 10.6 Å².